The van der Waals surface area contributed by atoms with E-state index in [2.05, 4.69) is 21.4 Å². The maximum atomic E-state index is 12.9. The Labute approximate surface area is 141 Å². The summed E-state index contributed by atoms with van der Waals surface area (Å²) in [6.07, 6.45) is 3.80. The standard InChI is InChI=1S/C17H24N4OS/c1-4-20-9-10-21(12-14(20)16-18-7-8-19(16)3)17(22)13(2)15-6-5-11-23-15/h5-8,11,13-14H,4,9-10,12H2,1-3H3/t13-,14+/m0/s1. The van der Waals surface area contributed by atoms with E-state index in [1.807, 2.05) is 48.8 Å². The summed E-state index contributed by atoms with van der Waals surface area (Å²) in [5.41, 5.74) is 0. The van der Waals surface area contributed by atoms with Gasteiger partial charge in [-0.05, 0) is 24.9 Å². The van der Waals surface area contributed by atoms with Gasteiger partial charge in [0.1, 0.15) is 5.82 Å². The number of aryl methyl sites for hydroxylation is 1. The van der Waals surface area contributed by atoms with Gasteiger partial charge < -0.3 is 9.47 Å². The minimum atomic E-state index is -0.0646. The summed E-state index contributed by atoms with van der Waals surface area (Å²) in [4.78, 5) is 22.9. The first-order valence-corrected chi connectivity index (χ1v) is 9.03. The Kier molecular flexibility index (Phi) is 4.82. The highest BCUT2D eigenvalue weighted by atomic mass is 32.1. The fourth-order valence-corrected chi connectivity index (χ4v) is 4.05. The van der Waals surface area contributed by atoms with Crippen molar-refractivity contribution in [3.8, 4) is 0 Å². The van der Waals surface area contributed by atoms with E-state index >= 15 is 0 Å². The Morgan fingerprint density at radius 1 is 1.48 bits per heavy atom. The molecule has 0 bridgehead atoms. The zero-order valence-corrected chi connectivity index (χ0v) is 14.8. The number of nitrogens with zero attached hydrogens (tertiary/aromatic N) is 4. The van der Waals surface area contributed by atoms with Gasteiger partial charge in [-0.2, -0.15) is 0 Å². The van der Waals surface area contributed by atoms with Gasteiger partial charge in [-0.3, -0.25) is 9.69 Å². The van der Waals surface area contributed by atoms with Crippen LogP contribution in [0.15, 0.2) is 29.9 Å². The van der Waals surface area contributed by atoms with Crippen LogP contribution in [0.4, 0.5) is 0 Å². The van der Waals surface area contributed by atoms with Crippen molar-refractivity contribution < 1.29 is 4.79 Å². The highest BCUT2D eigenvalue weighted by Crippen LogP contribution is 2.28. The van der Waals surface area contributed by atoms with Crippen LogP contribution in [0.3, 0.4) is 0 Å². The predicted molar refractivity (Wildman–Crippen MR) is 92.5 cm³/mol. The molecule has 0 aliphatic carbocycles. The monoisotopic (exact) mass is 332 g/mol. The van der Waals surface area contributed by atoms with Crippen molar-refractivity contribution in [2.45, 2.75) is 25.8 Å². The molecule has 1 fully saturated rings. The fourth-order valence-electron chi connectivity index (χ4n) is 3.28. The van der Waals surface area contributed by atoms with Crippen LogP contribution in [-0.2, 0) is 11.8 Å². The van der Waals surface area contributed by atoms with Crippen molar-refractivity contribution in [2.24, 2.45) is 7.05 Å². The lowest BCUT2D eigenvalue weighted by molar-refractivity contribution is -0.135. The predicted octanol–water partition coefficient (Wildman–Crippen LogP) is 2.49. The minimum absolute atomic E-state index is 0.0646. The van der Waals surface area contributed by atoms with E-state index in [1.54, 1.807) is 11.3 Å². The van der Waals surface area contributed by atoms with Crippen molar-refractivity contribution in [1.29, 1.82) is 0 Å². The van der Waals surface area contributed by atoms with Gasteiger partial charge in [-0.15, -0.1) is 11.3 Å². The third-order valence-electron chi connectivity index (χ3n) is 4.71. The van der Waals surface area contributed by atoms with E-state index < -0.39 is 0 Å². The first-order chi connectivity index (χ1) is 11.1. The average molecular weight is 332 g/mol. The van der Waals surface area contributed by atoms with Crippen LogP contribution in [-0.4, -0.2) is 51.4 Å². The van der Waals surface area contributed by atoms with Crippen molar-refractivity contribution >= 4 is 17.2 Å². The molecule has 1 saturated heterocycles. The van der Waals surface area contributed by atoms with Crippen LogP contribution < -0.4 is 0 Å². The molecule has 6 heteroatoms. The molecular weight excluding hydrogens is 308 g/mol. The van der Waals surface area contributed by atoms with Crippen LogP contribution in [0.1, 0.15) is 36.5 Å². The Morgan fingerprint density at radius 2 is 2.30 bits per heavy atom. The molecule has 3 rings (SSSR count). The van der Waals surface area contributed by atoms with Gasteiger partial charge in [-0.25, -0.2) is 4.98 Å². The summed E-state index contributed by atoms with van der Waals surface area (Å²) < 4.78 is 2.06. The molecule has 2 aromatic rings. The first-order valence-electron chi connectivity index (χ1n) is 8.15. The molecular formula is C17H24N4OS. The first kappa shape index (κ1) is 16.2. The molecule has 0 spiro atoms. The SMILES string of the molecule is CCN1CCN(C(=O)[C@@H](C)c2cccs2)C[C@@H]1c1nccn1C. The molecule has 5 nitrogen and oxygen atoms in total. The molecule has 1 aliphatic heterocycles. The number of piperazine rings is 1. The zero-order valence-electron chi connectivity index (χ0n) is 14.0. The molecule has 23 heavy (non-hydrogen) atoms. The van der Waals surface area contributed by atoms with E-state index in [0.29, 0.717) is 6.54 Å². The topological polar surface area (TPSA) is 41.4 Å². The molecule has 0 saturated carbocycles. The maximum Gasteiger partial charge on any atom is 0.230 e. The summed E-state index contributed by atoms with van der Waals surface area (Å²) in [5.74, 6) is 1.20. The van der Waals surface area contributed by atoms with Gasteiger partial charge in [0.15, 0.2) is 0 Å². The van der Waals surface area contributed by atoms with Crippen LogP contribution >= 0.6 is 11.3 Å². The van der Waals surface area contributed by atoms with Crippen LogP contribution in [0.5, 0.6) is 0 Å². The number of amides is 1. The Morgan fingerprint density at radius 3 is 2.91 bits per heavy atom. The molecule has 0 unspecified atom stereocenters. The van der Waals surface area contributed by atoms with Crippen molar-refractivity contribution in [2.75, 3.05) is 26.2 Å². The maximum absolute atomic E-state index is 12.9. The smallest absolute Gasteiger partial charge is 0.230 e. The second kappa shape index (κ2) is 6.84. The third kappa shape index (κ3) is 3.19. The average Bonchev–Trinajstić information content (AvgIpc) is 3.24. The lowest BCUT2D eigenvalue weighted by Gasteiger charge is -2.41. The lowest BCUT2D eigenvalue weighted by Crippen LogP contribution is -2.51. The summed E-state index contributed by atoms with van der Waals surface area (Å²) in [6.45, 7) is 7.56. The number of hydrogen-bond donors (Lipinski definition) is 0. The van der Waals surface area contributed by atoms with Crippen molar-refractivity contribution in [3.05, 3.63) is 40.6 Å². The highest BCUT2D eigenvalue weighted by Gasteiger charge is 2.33. The highest BCUT2D eigenvalue weighted by molar-refractivity contribution is 7.10. The van der Waals surface area contributed by atoms with Gasteiger partial charge in [0.05, 0.1) is 12.0 Å². The summed E-state index contributed by atoms with van der Waals surface area (Å²) >= 11 is 1.66. The van der Waals surface area contributed by atoms with Gasteiger partial charge in [-0.1, -0.05) is 13.0 Å². The van der Waals surface area contributed by atoms with Crippen molar-refractivity contribution in [3.63, 3.8) is 0 Å². The van der Waals surface area contributed by atoms with E-state index in [1.165, 1.54) is 0 Å². The van der Waals surface area contributed by atoms with Gasteiger partial charge in [0, 0.05) is 44.0 Å². The van der Waals surface area contributed by atoms with Crippen molar-refractivity contribution in [1.82, 2.24) is 19.4 Å². The zero-order chi connectivity index (χ0) is 16.4. The number of likely N-dealkylation sites (N-methyl/N-ethyl adjacent to an activating group) is 1. The van der Waals surface area contributed by atoms with Crippen LogP contribution in [0.25, 0.3) is 0 Å². The molecule has 0 N–H and O–H groups in total. The van der Waals surface area contributed by atoms with Gasteiger partial charge in [0.25, 0.3) is 0 Å². The molecule has 0 radical (unpaired) electrons. The molecule has 2 atom stereocenters. The number of aromatic nitrogens is 2. The number of carbonyl (C=O) groups excluding carboxylic acids is 1. The number of rotatable bonds is 4. The lowest BCUT2D eigenvalue weighted by atomic mass is 10.1. The van der Waals surface area contributed by atoms with E-state index in [9.17, 15) is 4.79 Å². The molecule has 1 amide bonds. The quantitative estimate of drug-likeness (QED) is 0.864. The third-order valence-corrected chi connectivity index (χ3v) is 5.76. The number of imidazole rings is 1. The summed E-state index contributed by atoms with van der Waals surface area (Å²) in [7, 11) is 2.02. The Bertz CT molecular complexity index is 651. The minimum Gasteiger partial charge on any atom is -0.339 e. The Hall–Kier alpha value is -1.66. The van der Waals surface area contributed by atoms with Gasteiger partial charge in [0.2, 0.25) is 5.91 Å². The normalized spacial score (nSPS) is 20.7. The number of hydrogen-bond acceptors (Lipinski definition) is 4. The number of carbonyl (C=O) groups is 1. The Balaban J connectivity index is 1.77. The van der Waals surface area contributed by atoms with Crippen LogP contribution in [0, 0.1) is 0 Å². The summed E-state index contributed by atoms with van der Waals surface area (Å²) in [5, 5.41) is 2.03. The molecule has 3 heterocycles. The fraction of sp³-hybridized carbons (Fsp3) is 0.529. The molecule has 1 aliphatic rings. The van der Waals surface area contributed by atoms with E-state index in [0.717, 1.165) is 30.3 Å². The number of thiophene rings is 1. The van der Waals surface area contributed by atoms with Crippen LogP contribution in [0.2, 0.25) is 0 Å². The molecule has 124 valence electrons. The largest absolute Gasteiger partial charge is 0.339 e. The summed E-state index contributed by atoms with van der Waals surface area (Å²) in [6, 6.07) is 4.23. The second-order valence-electron chi connectivity index (χ2n) is 6.06. The molecule has 2 aromatic heterocycles. The van der Waals surface area contributed by atoms with E-state index in [-0.39, 0.29) is 17.9 Å². The molecule has 0 aromatic carbocycles. The van der Waals surface area contributed by atoms with E-state index in [4.69, 9.17) is 0 Å². The second-order valence-corrected chi connectivity index (χ2v) is 7.04. The van der Waals surface area contributed by atoms with Gasteiger partial charge >= 0.3 is 0 Å².